The van der Waals surface area contributed by atoms with Gasteiger partial charge in [-0.05, 0) is 30.5 Å². The van der Waals surface area contributed by atoms with Gasteiger partial charge in [-0.15, -0.1) is 23.1 Å². The number of halogens is 6. The van der Waals surface area contributed by atoms with Crippen LogP contribution < -0.4 is 16.4 Å². The van der Waals surface area contributed by atoms with Crippen LogP contribution in [0.4, 0.5) is 27.1 Å². The van der Waals surface area contributed by atoms with E-state index in [-0.39, 0.29) is 58.0 Å². The fourth-order valence-electron chi connectivity index (χ4n) is 5.67. The van der Waals surface area contributed by atoms with Gasteiger partial charge in [0.25, 0.3) is 17.7 Å². The number of anilines is 1. The van der Waals surface area contributed by atoms with E-state index in [0.717, 1.165) is 22.3 Å². The molecule has 3 aliphatic rings. The fraction of sp³-hybridized carbons (Fsp3) is 0.438. The third kappa shape index (κ3) is 11.6. The summed E-state index contributed by atoms with van der Waals surface area (Å²) in [6.45, 7) is 0.145. The van der Waals surface area contributed by atoms with Crippen LogP contribution in [0, 0.1) is 5.92 Å². The number of alkyl halides is 5. The molecular weight excluding hydrogens is 887 g/mol. The number of thioether (sulfide) groups is 2. The number of hydrogen-bond acceptors (Lipinski definition) is 15. The second kappa shape index (κ2) is 19.3. The van der Waals surface area contributed by atoms with Gasteiger partial charge in [0.2, 0.25) is 12.0 Å². The molecule has 3 amide bonds. The predicted molar refractivity (Wildman–Crippen MR) is 200 cm³/mol. The first-order valence-corrected chi connectivity index (χ1v) is 20.1. The lowest BCUT2D eigenvalue weighted by Crippen LogP contribution is -2.71. The van der Waals surface area contributed by atoms with Crippen LogP contribution in [0.1, 0.15) is 41.7 Å². The summed E-state index contributed by atoms with van der Waals surface area (Å²) in [7, 11) is 0. The number of phenols is 2. The Morgan fingerprint density at radius 2 is 1.78 bits per heavy atom. The van der Waals surface area contributed by atoms with Gasteiger partial charge in [0.05, 0.1) is 10.6 Å². The zero-order chi connectivity index (χ0) is 44.0. The number of aromatic hydroxyl groups is 2. The van der Waals surface area contributed by atoms with Crippen LogP contribution in [-0.2, 0) is 28.8 Å². The van der Waals surface area contributed by atoms with E-state index in [1.54, 1.807) is 0 Å². The first kappa shape index (κ1) is 46.6. The van der Waals surface area contributed by atoms with Crippen LogP contribution in [0.25, 0.3) is 0 Å². The van der Waals surface area contributed by atoms with E-state index in [2.05, 4.69) is 20.8 Å². The second-order valence-electron chi connectivity index (χ2n) is 12.6. The molecule has 9 N–H and O–H groups in total. The first-order valence-electron chi connectivity index (χ1n) is 16.7. The Bertz CT molecular complexity index is 2050. The van der Waals surface area contributed by atoms with Gasteiger partial charge < -0.3 is 46.7 Å². The molecule has 2 aliphatic heterocycles. The van der Waals surface area contributed by atoms with Crippen LogP contribution in [0.5, 0.6) is 11.5 Å². The van der Waals surface area contributed by atoms with E-state index >= 15 is 0 Å². The van der Waals surface area contributed by atoms with Gasteiger partial charge in [-0.2, -0.15) is 24.9 Å². The number of amides is 3. The van der Waals surface area contributed by atoms with Crippen LogP contribution >= 0.6 is 46.5 Å². The number of carbonyl (C=O) groups excluding carboxylic acids is 3. The lowest BCUT2D eigenvalue weighted by molar-refractivity contribution is -0.192. The monoisotopic (exact) mass is 918 g/mol. The summed E-state index contributed by atoms with van der Waals surface area (Å²) in [5.41, 5.74) is 5.25. The Hall–Kier alpha value is -5.08. The normalized spacial score (nSPS) is 19.7. The van der Waals surface area contributed by atoms with E-state index in [1.807, 2.05) is 0 Å². The van der Waals surface area contributed by atoms with Gasteiger partial charge in [-0.25, -0.2) is 28.1 Å². The molecule has 1 saturated heterocycles. The number of β-lactam (4-membered cyclic amide) rings is 1. The van der Waals surface area contributed by atoms with Gasteiger partial charge in [-0.3, -0.25) is 19.3 Å². The number of rotatable bonds is 14. The molecule has 59 heavy (non-hydrogen) atoms. The van der Waals surface area contributed by atoms with Crippen molar-refractivity contribution in [3.63, 3.8) is 0 Å². The van der Waals surface area contributed by atoms with Gasteiger partial charge in [0.1, 0.15) is 22.8 Å². The van der Waals surface area contributed by atoms with Crippen molar-refractivity contribution in [1.82, 2.24) is 20.5 Å². The molecule has 3 heterocycles. The highest BCUT2D eigenvalue weighted by atomic mass is 35.5. The molecule has 27 heteroatoms. The number of carboxylic acids is 3. The number of phenolic OH excluding ortho intramolecular Hbond substituents is 2. The second-order valence-corrected chi connectivity index (χ2v) is 16.1. The average Bonchev–Trinajstić information content (AvgIpc) is 3.59. The number of carbonyl (C=O) groups is 6. The van der Waals surface area contributed by atoms with E-state index in [1.165, 1.54) is 35.0 Å². The summed E-state index contributed by atoms with van der Waals surface area (Å²) < 4.78 is 59.1. The van der Waals surface area contributed by atoms with Crippen molar-refractivity contribution in [3.8, 4) is 11.5 Å². The summed E-state index contributed by atoms with van der Waals surface area (Å²) >= 11 is 9.36. The van der Waals surface area contributed by atoms with Crippen molar-refractivity contribution < 1.29 is 81.1 Å². The van der Waals surface area contributed by atoms with Crippen molar-refractivity contribution >= 4 is 92.9 Å². The number of thiazole rings is 1. The Balaban J connectivity index is 0.00000101. The molecule has 0 unspecified atom stereocenters. The lowest BCUT2D eigenvalue weighted by Gasteiger charge is -2.49. The van der Waals surface area contributed by atoms with E-state index in [4.69, 9.17) is 32.1 Å². The van der Waals surface area contributed by atoms with Crippen molar-refractivity contribution in [2.45, 2.75) is 55.3 Å². The molecule has 1 aromatic heterocycles. The van der Waals surface area contributed by atoms with Gasteiger partial charge in [-0.1, -0.05) is 16.8 Å². The molecule has 1 aromatic carbocycles. The summed E-state index contributed by atoms with van der Waals surface area (Å²) in [5, 5.41) is 55.3. The number of nitrogens with zero attached hydrogens (tertiary/aromatic N) is 3. The molecule has 0 spiro atoms. The molecule has 0 bridgehead atoms. The number of nitrogens with two attached hydrogens (primary N) is 1. The molecule has 0 radical (unpaired) electrons. The predicted octanol–water partition coefficient (Wildman–Crippen LogP) is 3.32. The van der Waals surface area contributed by atoms with Gasteiger partial charge in [0, 0.05) is 47.9 Å². The maximum atomic E-state index is 13.7. The lowest BCUT2D eigenvalue weighted by atomic mass is 9.83. The number of aromatic nitrogens is 1. The Morgan fingerprint density at radius 1 is 1.14 bits per heavy atom. The molecule has 322 valence electrons. The van der Waals surface area contributed by atoms with Crippen LogP contribution in [0.15, 0.2) is 33.9 Å². The molecule has 18 nitrogen and oxygen atoms in total. The average molecular weight is 919 g/mol. The minimum absolute atomic E-state index is 0.0413. The highest BCUT2D eigenvalue weighted by Gasteiger charge is 2.54. The topological polar surface area (TPSA) is 291 Å². The largest absolute Gasteiger partial charge is 0.504 e. The minimum Gasteiger partial charge on any atom is -0.504 e. The number of fused-ring (bicyclic) bond motifs is 1. The minimum atomic E-state index is -5.08. The van der Waals surface area contributed by atoms with E-state index in [0.29, 0.717) is 11.3 Å². The molecule has 5 rings (SSSR count). The third-order valence-electron chi connectivity index (χ3n) is 8.60. The van der Waals surface area contributed by atoms with E-state index in [9.17, 15) is 66.4 Å². The molecule has 1 aliphatic carbocycles. The SMILES string of the molecule is Nc1nc(/C(=N/O[C@H](C(=O)O)C2CCC(F)(F)CC2)C(=O)N[C@@H]2C(=O)N3C(C(=O)O)=C(CSCCNC(=O)c4ccc(O)c(O)c4Cl)CS[C@H]23)cs1.O=C(O)C(F)(F)F. The van der Waals surface area contributed by atoms with E-state index < -0.39 is 101 Å². The van der Waals surface area contributed by atoms with Crippen molar-refractivity contribution in [2.24, 2.45) is 11.1 Å². The number of nitrogens with one attached hydrogen (secondary N) is 2. The summed E-state index contributed by atoms with van der Waals surface area (Å²) in [5.74, 6) is -12.0. The van der Waals surface area contributed by atoms with Crippen molar-refractivity contribution in [1.29, 1.82) is 0 Å². The standard InChI is InChI=1S/C30H31ClF2N6O10S3.C2HF3O2/c31-17-14(1-2-16(40)21(17)41)23(42)35-7-8-50-9-13-10-51-26-19(25(44)39(26)20(13)27(45)46)37-24(43)18(15-11-52-29(34)36-15)38-49-22(28(47)48)12-3-5-30(32,33)6-4-12;3-2(4,5)1(6)7/h1-2,11-12,19,22,26,40-41H,3-10H2,(H2,34,36)(H,35,42)(H,37,43)(H,45,46)(H,47,48);(H,6,7)/b38-18-;/t19-,22+,26-;/m1./s1. The van der Waals surface area contributed by atoms with Crippen LogP contribution in [-0.4, -0.2) is 130 Å². The van der Waals surface area contributed by atoms with Crippen molar-refractivity contribution in [3.05, 3.63) is 45.1 Å². The Morgan fingerprint density at radius 3 is 2.34 bits per heavy atom. The number of carboxylic acid groups (broad SMARTS) is 3. The quantitative estimate of drug-likeness (QED) is 0.0337. The summed E-state index contributed by atoms with van der Waals surface area (Å²) in [4.78, 5) is 82.7. The summed E-state index contributed by atoms with van der Waals surface area (Å²) in [6.07, 6.45) is -8.07. The Kier molecular flexibility index (Phi) is 15.3. The van der Waals surface area contributed by atoms with Crippen LogP contribution in [0.3, 0.4) is 0 Å². The molecular formula is C32H32ClF5N6O12S3. The number of hydrogen-bond donors (Lipinski definition) is 8. The molecule has 2 fully saturated rings. The first-order chi connectivity index (χ1) is 27.5. The summed E-state index contributed by atoms with van der Waals surface area (Å²) in [6, 6.07) is 1.17. The number of aliphatic carboxylic acids is 3. The maximum Gasteiger partial charge on any atom is 0.490 e. The van der Waals surface area contributed by atoms with Gasteiger partial charge in [0.15, 0.2) is 22.3 Å². The highest BCUT2D eigenvalue weighted by Crippen LogP contribution is 2.42. The van der Waals surface area contributed by atoms with Crippen LogP contribution in [0.2, 0.25) is 5.02 Å². The molecule has 1 saturated carbocycles. The maximum absolute atomic E-state index is 13.7. The molecule has 2 aromatic rings. The zero-order valence-electron chi connectivity index (χ0n) is 29.7. The third-order valence-corrected chi connectivity index (χ3v) is 12.0. The number of nitrogen functional groups attached to an aromatic ring is 1. The number of benzene rings is 1. The fourth-order valence-corrected chi connectivity index (χ4v) is 8.81. The van der Waals surface area contributed by atoms with Gasteiger partial charge >= 0.3 is 24.1 Å². The molecule has 3 atom stereocenters. The smallest absolute Gasteiger partial charge is 0.490 e. The van der Waals surface area contributed by atoms with Crippen molar-refractivity contribution in [2.75, 3.05) is 29.5 Å². The highest BCUT2D eigenvalue weighted by molar-refractivity contribution is 8.01. The Labute approximate surface area is 346 Å². The number of oxime groups is 1. The zero-order valence-corrected chi connectivity index (χ0v) is 32.9.